The predicted octanol–water partition coefficient (Wildman–Crippen LogP) is 0.738. The first kappa shape index (κ1) is 13.8. The second-order valence-corrected chi connectivity index (χ2v) is 4.58. The third kappa shape index (κ3) is 3.03. The van der Waals surface area contributed by atoms with Crippen molar-refractivity contribution in [2.75, 3.05) is 13.6 Å². The van der Waals surface area contributed by atoms with E-state index >= 15 is 0 Å². The highest BCUT2D eigenvalue weighted by atomic mass is 16.2. The van der Waals surface area contributed by atoms with Crippen LogP contribution in [-0.4, -0.2) is 40.1 Å². The van der Waals surface area contributed by atoms with E-state index in [0.29, 0.717) is 5.56 Å². The lowest BCUT2D eigenvalue weighted by Crippen LogP contribution is -2.35. The summed E-state index contributed by atoms with van der Waals surface area (Å²) in [6, 6.07) is 8.91. The SMILES string of the molecule is Cc1ccn(-c2ccc(C(=O)N(C)CC(N)=O)cc2)n1. The molecule has 104 valence electrons. The number of likely N-dealkylation sites (N-methyl/N-ethyl adjacent to an activating group) is 1. The minimum atomic E-state index is -0.538. The van der Waals surface area contributed by atoms with E-state index in [4.69, 9.17) is 5.73 Å². The topological polar surface area (TPSA) is 81.2 Å². The van der Waals surface area contributed by atoms with Crippen LogP contribution in [0.25, 0.3) is 5.69 Å². The summed E-state index contributed by atoms with van der Waals surface area (Å²) in [7, 11) is 1.54. The molecule has 0 unspecified atom stereocenters. The maximum absolute atomic E-state index is 12.0. The van der Waals surface area contributed by atoms with Gasteiger partial charge in [-0.3, -0.25) is 9.59 Å². The largest absolute Gasteiger partial charge is 0.368 e. The number of amides is 2. The van der Waals surface area contributed by atoms with Gasteiger partial charge >= 0.3 is 0 Å². The van der Waals surface area contributed by atoms with Crippen molar-refractivity contribution in [3.63, 3.8) is 0 Å². The molecule has 6 nitrogen and oxygen atoms in total. The fourth-order valence-electron chi connectivity index (χ4n) is 1.84. The summed E-state index contributed by atoms with van der Waals surface area (Å²) >= 11 is 0. The Morgan fingerprint density at radius 2 is 1.90 bits per heavy atom. The molecule has 0 aliphatic heterocycles. The molecule has 0 saturated carbocycles. The Morgan fingerprint density at radius 1 is 1.25 bits per heavy atom. The van der Waals surface area contributed by atoms with Crippen LogP contribution in [0.5, 0.6) is 0 Å². The lowest BCUT2D eigenvalue weighted by atomic mass is 10.2. The third-order valence-corrected chi connectivity index (χ3v) is 2.84. The number of aryl methyl sites for hydroxylation is 1. The quantitative estimate of drug-likeness (QED) is 0.891. The van der Waals surface area contributed by atoms with Crippen LogP contribution in [-0.2, 0) is 4.79 Å². The van der Waals surface area contributed by atoms with Crippen molar-refractivity contribution in [1.29, 1.82) is 0 Å². The molecule has 0 atom stereocenters. The van der Waals surface area contributed by atoms with Gasteiger partial charge in [-0.15, -0.1) is 0 Å². The molecule has 20 heavy (non-hydrogen) atoms. The first-order valence-electron chi connectivity index (χ1n) is 6.14. The number of aromatic nitrogens is 2. The van der Waals surface area contributed by atoms with E-state index in [-0.39, 0.29) is 12.5 Å². The number of carbonyl (C=O) groups excluding carboxylic acids is 2. The molecular formula is C14H16N4O2. The van der Waals surface area contributed by atoms with E-state index < -0.39 is 5.91 Å². The number of hydrogen-bond donors (Lipinski definition) is 1. The molecule has 2 rings (SSSR count). The molecule has 6 heteroatoms. The fraction of sp³-hybridized carbons (Fsp3) is 0.214. The molecule has 0 spiro atoms. The molecule has 0 fully saturated rings. The zero-order valence-electron chi connectivity index (χ0n) is 11.4. The molecule has 0 aliphatic carbocycles. The van der Waals surface area contributed by atoms with E-state index in [9.17, 15) is 9.59 Å². The van der Waals surface area contributed by atoms with Crippen LogP contribution in [0, 0.1) is 6.92 Å². The lowest BCUT2D eigenvalue weighted by molar-refractivity contribution is -0.118. The zero-order chi connectivity index (χ0) is 14.7. The number of hydrogen-bond acceptors (Lipinski definition) is 3. The Hall–Kier alpha value is -2.63. The minimum Gasteiger partial charge on any atom is -0.368 e. The van der Waals surface area contributed by atoms with Gasteiger partial charge in [0.25, 0.3) is 5.91 Å². The van der Waals surface area contributed by atoms with Gasteiger partial charge in [0.05, 0.1) is 17.9 Å². The molecule has 2 amide bonds. The number of primary amides is 1. The van der Waals surface area contributed by atoms with E-state index in [1.807, 2.05) is 19.2 Å². The molecule has 0 aliphatic rings. The molecule has 0 radical (unpaired) electrons. The second kappa shape index (κ2) is 5.56. The maximum Gasteiger partial charge on any atom is 0.254 e. The maximum atomic E-state index is 12.0. The normalized spacial score (nSPS) is 10.3. The average Bonchev–Trinajstić information content (AvgIpc) is 2.84. The van der Waals surface area contributed by atoms with Gasteiger partial charge in [0.15, 0.2) is 0 Å². The number of nitrogens with two attached hydrogens (primary N) is 1. The van der Waals surface area contributed by atoms with Crippen LogP contribution in [0.3, 0.4) is 0 Å². The Kier molecular flexibility index (Phi) is 3.84. The van der Waals surface area contributed by atoms with Crippen LogP contribution in [0.2, 0.25) is 0 Å². The number of rotatable bonds is 4. The third-order valence-electron chi connectivity index (χ3n) is 2.84. The van der Waals surface area contributed by atoms with Gasteiger partial charge in [-0.05, 0) is 37.3 Å². The number of benzene rings is 1. The Morgan fingerprint density at radius 3 is 2.40 bits per heavy atom. The Labute approximate surface area is 116 Å². The fourth-order valence-corrected chi connectivity index (χ4v) is 1.84. The number of carbonyl (C=O) groups is 2. The van der Waals surface area contributed by atoms with Crippen LogP contribution in [0.15, 0.2) is 36.5 Å². The van der Waals surface area contributed by atoms with E-state index in [2.05, 4.69) is 5.10 Å². The number of nitrogens with zero attached hydrogens (tertiary/aromatic N) is 3. The summed E-state index contributed by atoms with van der Waals surface area (Å²) < 4.78 is 1.73. The van der Waals surface area contributed by atoms with Crippen molar-refractivity contribution < 1.29 is 9.59 Å². The van der Waals surface area contributed by atoms with Gasteiger partial charge in [-0.1, -0.05) is 0 Å². The predicted molar refractivity (Wildman–Crippen MR) is 74.5 cm³/mol. The molecule has 2 aromatic rings. The first-order valence-corrected chi connectivity index (χ1v) is 6.14. The molecular weight excluding hydrogens is 256 g/mol. The van der Waals surface area contributed by atoms with Gasteiger partial charge in [0.2, 0.25) is 5.91 Å². The van der Waals surface area contributed by atoms with Crippen LogP contribution >= 0.6 is 0 Å². The Bertz CT molecular complexity index is 631. The zero-order valence-corrected chi connectivity index (χ0v) is 11.4. The molecule has 1 aromatic carbocycles. The average molecular weight is 272 g/mol. The molecule has 0 saturated heterocycles. The van der Waals surface area contributed by atoms with Gasteiger partial charge in [0, 0.05) is 18.8 Å². The molecule has 2 N–H and O–H groups in total. The molecule has 1 aromatic heterocycles. The van der Waals surface area contributed by atoms with Crippen molar-refractivity contribution >= 4 is 11.8 Å². The summed E-state index contributed by atoms with van der Waals surface area (Å²) in [5, 5.41) is 4.29. The van der Waals surface area contributed by atoms with Gasteiger partial charge < -0.3 is 10.6 Å². The summed E-state index contributed by atoms with van der Waals surface area (Å²) in [5.41, 5.74) is 7.36. The van der Waals surface area contributed by atoms with E-state index in [1.165, 1.54) is 11.9 Å². The van der Waals surface area contributed by atoms with Gasteiger partial charge in [-0.2, -0.15) is 5.10 Å². The van der Waals surface area contributed by atoms with Crippen LogP contribution < -0.4 is 5.73 Å². The summed E-state index contributed by atoms with van der Waals surface area (Å²) in [4.78, 5) is 24.1. The van der Waals surface area contributed by atoms with Crippen molar-refractivity contribution in [2.24, 2.45) is 5.73 Å². The van der Waals surface area contributed by atoms with Crippen molar-refractivity contribution in [1.82, 2.24) is 14.7 Å². The monoisotopic (exact) mass is 272 g/mol. The summed E-state index contributed by atoms with van der Waals surface area (Å²) in [5.74, 6) is -0.781. The molecule has 0 bridgehead atoms. The minimum absolute atomic E-state index is 0.0983. The lowest BCUT2D eigenvalue weighted by Gasteiger charge is -2.15. The highest BCUT2D eigenvalue weighted by molar-refractivity contribution is 5.96. The smallest absolute Gasteiger partial charge is 0.254 e. The first-order chi connectivity index (χ1) is 9.47. The second-order valence-electron chi connectivity index (χ2n) is 4.58. The summed E-state index contributed by atoms with van der Waals surface area (Å²) in [6.45, 7) is 1.81. The van der Waals surface area contributed by atoms with Crippen molar-refractivity contribution in [2.45, 2.75) is 6.92 Å². The van der Waals surface area contributed by atoms with E-state index in [1.54, 1.807) is 28.9 Å². The van der Waals surface area contributed by atoms with Gasteiger partial charge in [0.1, 0.15) is 0 Å². The van der Waals surface area contributed by atoms with Crippen molar-refractivity contribution in [3.05, 3.63) is 47.8 Å². The van der Waals surface area contributed by atoms with Crippen LogP contribution in [0.4, 0.5) is 0 Å². The van der Waals surface area contributed by atoms with Crippen LogP contribution in [0.1, 0.15) is 16.1 Å². The Balaban J connectivity index is 2.15. The van der Waals surface area contributed by atoms with Gasteiger partial charge in [-0.25, -0.2) is 4.68 Å². The standard InChI is InChI=1S/C14H16N4O2/c1-10-7-8-18(16-10)12-5-3-11(4-6-12)14(20)17(2)9-13(15)19/h3-8H,9H2,1-2H3,(H2,15,19). The van der Waals surface area contributed by atoms with Crippen molar-refractivity contribution in [3.8, 4) is 5.69 Å². The highest BCUT2D eigenvalue weighted by Crippen LogP contribution is 2.11. The molecule has 1 heterocycles. The summed E-state index contributed by atoms with van der Waals surface area (Å²) in [6.07, 6.45) is 1.85. The van der Waals surface area contributed by atoms with E-state index in [0.717, 1.165) is 11.4 Å². The highest BCUT2D eigenvalue weighted by Gasteiger charge is 2.13.